The van der Waals surface area contributed by atoms with Gasteiger partial charge in [-0.2, -0.15) is 5.26 Å². The molecule has 2 rings (SSSR count). The molecule has 0 radical (unpaired) electrons. The predicted octanol–water partition coefficient (Wildman–Crippen LogP) is 1.43. The first-order valence-electron chi connectivity index (χ1n) is 5.07. The van der Waals surface area contributed by atoms with E-state index in [2.05, 4.69) is 16.0 Å². The number of nitriles is 1. The Hall–Kier alpha value is -1.47. The minimum absolute atomic E-state index is 0.0325. The number of ether oxygens (including phenoxy) is 1. The second-order valence-electron chi connectivity index (χ2n) is 3.77. The van der Waals surface area contributed by atoms with Crippen molar-refractivity contribution in [1.82, 2.24) is 9.97 Å². The standard InChI is InChI=1S/C11H13N3O/c1-8-13-5-10(6-14-8)11-7-15-3-2-9(11)4-12/h5-6,9,11H,2-3,7H2,1H3/t9?,11-/m0/s1. The van der Waals surface area contributed by atoms with Crippen molar-refractivity contribution in [1.29, 1.82) is 5.26 Å². The minimum atomic E-state index is 0.0325. The lowest BCUT2D eigenvalue weighted by Crippen LogP contribution is -2.25. The van der Waals surface area contributed by atoms with Gasteiger partial charge in [-0.1, -0.05) is 0 Å². The maximum atomic E-state index is 9.03. The van der Waals surface area contributed by atoms with Gasteiger partial charge in [0, 0.05) is 24.9 Å². The Balaban J connectivity index is 2.21. The number of aryl methyl sites for hydroxylation is 1. The first-order chi connectivity index (χ1) is 7.31. The zero-order chi connectivity index (χ0) is 10.7. The van der Waals surface area contributed by atoms with Crippen molar-refractivity contribution >= 4 is 0 Å². The molecule has 1 saturated heterocycles. The summed E-state index contributed by atoms with van der Waals surface area (Å²) in [6, 6.07) is 2.33. The average Bonchev–Trinajstić information content (AvgIpc) is 2.30. The number of hydrogen-bond acceptors (Lipinski definition) is 4. The van der Waals surface area contributed by atoms with Gasteiger partial charge in [-0.3, -0.25) is 0 Å². The van der Waals surface area contributed by atoms with Crippen LogP contribution in [0.5, 0.6) is 0 Å². The van der Waals surface area contributed by atoms with Gasteiger partial charge in [-0.15, -0.1) is 0 Å². The van der Waals surface area contributed by atoms with E-state index in [9.17, 15) is 0 Å². The van der Waals surface area contributed by atoms with Gasteiger partial charge in [-0.05, 0) is 18.9 Å². The summed E-state index contributed by atoms with van der Waals surface area (Å²) in [7, 11) is 0. The van der Waals surface area contributed by atoms with Gasteiger partial charge in [-0.25, -0.2) is 9.97 Å². The molecule has 4 nitrogen and oxygen atoms in total. The van der Waals surface area contributed by atoms with E-state index < -0.39 is 0 Å². The third-order valence-electron chi connectivity index (χ3n) is 2.75. The fraction of sp³-hybridized carbons (Fsp3) is 0.545. The molecule has 0 amide bonds. The molecule has 2 atom stereocenters. The van der Waals surface area contributed by atoms with Gasteiger partial charge in [0.2, 0.25) is 0 Å². The van der Waals surface area contributed by atoms with E-state index in [1.165, 1.54) is 0 Å². The molecule has 1 aromatic rings. The normalized spacial score (nSPS) is 25.9. The Morgan fingerprint density at radius 3 is 2.87 bits per heavy atom. The van der Waals surface area contributed by atoms with Crippen LogP contribution in [0, 0.1) is 24.2 Å². The molecule has 0 spiro atoms. The lowest BCUT2D eigenvalue weighted by Gasteiger charge is -2.26. The van der Waals surface area contributed by atoms with Crippen LogP contribution in [-0.4, -0.2) is 23.2 Å². The number of rotatable bonds is 1. The van der Waals surface area contributed by atoms with Crippen molar-refractivity contribution in [3.63, 3.8) is 0 Å². The zero-order valence-electron chi connectivity index (χ0n) is 8.68. The monoisotopic (exact) mass is 203 g/mol. The second-order valence-corrected chi connectivity index (χ2v) is 3.77. The molecule has 78 valence electrons. The summed E-state index contributed by atoms with van der Waals surface area (Å²) in [5.41, 5.74) is 1.01. The van der Waals surface area contributed by atoms with Crippen LogP contribution in [0.25, 0.3) is 0 Å². The quantitative estimate of drug-likeness (QED) is 0.692. The lowest BCUT2D eigenvalue weighted by atomic mass is 9.85. The van der Waals surface area contributed by atoms with Crippen molar-refractivity contribution in [2.24, 2.45) is 5.92 Å². The molecule has 1 fully saturated rings. The summed E-state index contributed by atoms with van der Waals surface area (Å²) in [4.78, 5) is 8.29. The first-order valence-corrected chi connectivity index (χ1v) is 5.07. The van der Waals surface area contributed by atoms with Crippen LogP contribution in [0.3, 0.4) is 0 Å². The average molecular weight is 203 g/mol. The number of nitrogens with zero attached hydrogens (tertiary/aromatic N) is 3. The van der Waals surface area contributed by atoms with Crippen LogP contribution in [0.15, 0.2) is 12.4 Å². The van der Waals surface area contributed by atoms with Crippen LogP contribution in [0.1, 0.15) is 23.7 Å². The summed E-state index contributed by atoms with van der Waals surface area (Å²) >= 11 is 0. The lowest BCUT2D eigenvalue weighted by molar-refractivity contribution is 0.0616. The van der Waals surface area contributed by atoms with Gasteiger partial charge in [0.05, 0.1) is 18.6 Å². The molecule has 1 aliphatic rings. The molecular weight excluding hydrogens is 190 g/mol. The summed E-state index contributed by atoms with van der Waals surface area (Å²) in [5.74, 6) is 0.915. The van der Waals surface area contributed by atoms with Crippen molar-refractivity contribution in [2.75, 3.05) is 13.2 Å². The van der Waals surface area contributed by atoms with E-state index in [1.54, 1.807) is 12.4 Å². The highest BCUT2D eigenvalue weighted by Gasteiger charge is 2.27. The fourth-order valence-corrected chi connectivity index (χ4v) is 1.82. The van der Waals surface area contributed by atoms with Crippen molar-refractivity contribution < 1.29 is 4.74 Å². The van der Waals surface area contributed by atoms with Gasteiger partial charge in [0.15, 0.2) is 0 Å². The predicted molar refractivity (Wildman–Crippen MR) is 54.0 cm³/mol. The molecule has 15 heavy (non-hydrogen) atoms. The van der Waals surface area contributed by atoms with Gasteiger partial charge in [0.25, 0.3) is 0 Å². The molecule has 0 aromatic carbocycles. The molecule has 2 heterocycles. The van der Waals surface area contributed by atoms with Crippen molar-refractivity contribution in [3.05, 3.63) is 23.8 Å². The van der Waals surface area contributed by atoms with E-state index in [0.29, 0.717) is 13.2 Å². The second kappa shape index (κ2) is 4.37. The zero-order valence-corrected chi connectivity index (χ0v) is 8.68. The highest BCUT2D eigenvalue weighted by molar-refractivity contribution is 5.16. The third kappa shape index (κ3) is 2.13. The van der Waals surface area contributed by atoms with Crippen molar-refractivity contribution in [3.8, 4) is 6.07 Å². The van der Waals surface area contributed by atoms with E-state index in [4.69, 9.17) is 10.00 Å². The molecule has 0 bridgehead atoms. The summed E-state index contributed by atoms with van der Waals surface area (Å²) in [6.45, 7) is 3.13. The van der Waals surface area contributed by atoms with Crippen LogP contribution in [0.2, 0.25) is 0 Å². The van der Waals surface area contributed by atoms with E-state index in [-0.39, 0.29) is 11.8 Å². The molecule has 1 unspecified atom stereocenters. The first kappa shape index (κ1) is 10.1. The Morgan fingerprint density at radius 1 is 1.47 bits per heavy atom. The smallest absolute Gasteiger partial charge is 0.125 e. The highest BCUT2D eigenvalue weighted by atomic mass is 16.5. The topological polar surface area (TPSA) is 58.8 Å². The van der Waals surface area contributed by atoms with Crippen LogP contribution in [0.4, 0.5) is 0 Å². The van der Waals surface area contributed by atoms with E-state index >= 15 is 0 Å². The van der Waals surface area contributed by atoms with Crippen molar-refractivity contribution in [2.45, 2.75) is 19.3 Å². The third-order valence-corrected chi connectivity index (χ3v) is 2.75. The van der Waals surface area contributed by atoms with Gasteiger partial charge < -0.3 is 4.74 Å². The number of aromatic nitrogens is 2. The summed E-state index contributed by atoms with van der Waals surface area (Å²) in [5, 5.41) is 9.03. The Labute approximate surface area is 88.9 Å². The van der Waals surface area contributed by atoms with Crippen LogP contribution in [-0.2, 0) is 4.74 Å². The fourth-order valence-electron chi connectivity index (χ4n) is 1.82. The molecule has 1 aromatic heterocycles. The Kier molecular flexibility index (Phi) is 2.93. The molecule has 0 aliphatic carbocycles. The van der Waals surface area contributed by atoms with Gasteiger partial charge in [0.1, 0.15) is 5.82 Å². The highest BCUT2D eigenvalue weighted by Crippen LogP contribution is 2.29. The Bertz CT molecular complexity index is 368. The molecule has 4 heteroatoms. The van der Waals surface area contributed by atoms with Gasteiger partial charge >= 0.3 is 0 Å². The molecule has 0 saturated carbocycles. The van der Waals surface area contributed by atoms with E-state index in [1.807, 2.05) is 6.92 Å². The molecule has 0 N–H and O–H groups in total. The van der Waals surface area contributed by atoms with E-state index in [0.717, 1.165) is 17.8 Å². The summed E-state index contributed by atoms with van der Waals surface area (Å²) in [6.07, 6.45) is 4.40. The molecular formula is C11H13N3O. The number of hydrogen-bond donors (Lipinski definition) is 0. The maximum absolute atomic E-state index is 9.03. The maximum Gasteiger partial charge on any atom is 0.125 e. The molecule has 1 aliphatic heterocycles. The van der Waals surface area contributed by atoms with Crippen LogP contribution >= 0.6 is 0 Å². The SMILES string of the molecule is Cc1ncc([C@H]2COCCC2C#N)cn1. The minimum Gasteiger partial charge on any atom is -0.381 e. The largest absolute Gasteiger partial charge is 0.381 e. The summed E-state index contributed by atoms with van der Waals surface area (Å²) < 4.78 is 5.39. The Morgan fingerprint density at radius 2 is 2.20 bits per heavy atom. The van der Waals surface area contributed by atoms with Crippen LogP contribution < -0.4 is 0 Å².